The number of aliphatic carboxylic acids is 1. The summed E-state index contributed by atoms with van der Waals surface area (Å²) in [5.41, 5.74) is 6.93. The lowest BCUT2D eigenvalue weighted by atomic mass is 9.84. The van der Waals surface area contributed by atoms with Gasteiger partial charge in [-0.1, -0.05) is 18.6 Å². The Morgan fingerprint density at radius 3 is 2.81 bits per heavy atom. The van der Waals surface area contributed by atoms with E-state index in [1.165, 1.54) is 0 Å². The van der Waals surface area contributed by atoms with Gasteiger partial charge in [0.25, 0.3) is 0 Å². The molecular formula is C13H18N6O2. The number of pyridine rings is 1. The summed E-state index contributed by atoms with van der Waals surface area (Å²) >= 11 is 0. The van der Waals surface area contributed by atoms with Gasteiger partial charge in [0.1, 0.15) is 0 Å². The Hall–Kier alpha value is -2.51. The van der Waals surface area contributed by atoms with Crippen LogP contribution in [0.5, 0.6) is 0 Å². The van der Waals surface area contributed by atoms with Crippen molar-refractivity contribution in [1.82, 2.24) is 25.6 Å². The molecule has 2 rings (SSSR count). The maximum absolute atomic E-state index is 11.5. The number of nitrogens with one attached hydrogen (secondary N) is 1. The zero-order valence-electron chi connectivity index (χ0n) is 11.7. The maximum Gasteiger partial charge on any atom is 0.307 e. The lowest BCUT2D eigenvalue weighted by Gasteiger charge is -2.20. The van der Waals surface area contributed by atoms with Gasteiger partial charge in [0.05, 0.1) is 17.8 Å². The number of aromatic nitrogens is 5. The largest absolute Gasteiger partial charge is 0.481 e. The van der Waals surface area contributed by atoms with Crippen LogP contribution in [-0.2, 0) is 11.2 Å². The number of nitrogens with two attached hydrogens (primary N) is 1. The average molecular weight is 290 g/mol. The summed E-state index contributed by atoms with van der Waals surface area (Å²) in [5, 5.41) is 23.3. The molecule has 2 atom stereocenters. The standard InChI is InChI=1S/C13H18N6O2/c1-2-3-10(13(20)21)11(12-16-18-19-17-12)6-9-5-4-8(14)7-15-9/h4-5,7,10-11H,2-3,6,14H2,1H3,(H,20,21)(H,16,17,18,19)/t10-,11-/m0/s1. The zero-order chi connectivity index (χ0) is 15.2. The normalized spacial score (nSPS) is 13.8. The Morgan fingerprint density at radius 1 is 1.48 bits per heavy atom. The first-order valence-corrected chi connectivity index (χ1v) is 6.78. The van der Waals surface area contributed by atoms with Crippen LogP contribution in [0.1, 0.15) is 37.2 Å². The van der Waals surface area contributed by atoms with Crippen LogP contribution in [0, 0.1) is 5.92 Å². The monoisotopic (exact) mass is 290 g/mol. The number of hydrogen-bond acceptors (Lipinski definition) is 6. The number of carbonyl (C=O) groups is 1. The van der Waals surface area contributed by atoms with Crippen LogP contribution >= 0.6 is 0 Å². The second-order valence-electron chi connectivity index (χ2n) is 4.90. The molecule has 21 heavy (non-hydrogen) atoms. The van der Waals surface area contributed by atoms with Crippen LogP contribution in [0.15, 0.2) is 18.3 Å². The Labute approximate surface area is 121 Å². The van der Waals surface area contributed by atoms with Crippen LogP contribution in [-0.4, -0.2) is 36.7 Å². The van der Waals surface area contributed by atoms with Crippen molar-refractivity contribution in [2.24, 2.45) is 5.92 Å². The van der Waals surface area contributed by atoms with Crippen molar-refractivity contribution in [1.29, 1.82) is 0 Å². The molecule has 0 radical (unpaired) electrons. The highest BCUT2D eigenvalue weighted by Gasteiger charge is 2.32. The number of carboxylic acids is 1. The van der Waals surface area contributed by atoms with Gasteiger partial charge in [0, 0.05) is 18.0 Å². The van der Waals surface area contributed by atoms with Crippen LogP contribution < -0.4 is 5.73 Å². The Morgan fingerprint density at radius 2 is 2.29 bits per heavy atom. The molecule has 2 aromatic rings. The lowest BCUT2D eigenvalue weighted by Crippen LogP contribution is -2.25. The van der Waals surface area contributed by atoms with Crippen molar-refractivity contribution in [3.8, 4) is 0 Å². The molecule has 0 unspecified atom stereocenters. The number of nitrogen functional groups attached to an aromatic ring is 1. The molecular weight excluding hydrogens is 272 g/mol. The molecule has 112 valence electrons. The molecule has 0 fully saturated rings. The fourth-order valence-electron chi connectivity index (χ4n) is 2.33. The molecule has 8 heteroatoms. The summed E-state index contributed by atoms with van der Waals surface area (Å²) in [6, 6.07) is 3.53. The van der Waals surface area contributed by atoms with Crippen LogP contribution in [0.3, 0.4) is 0 Å². The van der Waals surface area contributed by atoms with Crippen molar-refractivity contribution < 1.29 is 9.90 Å². The second-order valence-corrected chi connectivity index (χ2v) is 4.90. The zero-order valence-corrected chi connectivity index (χ0v) is 11.7. The Balaban J connectivity index is 2.27. The average Bonchev–Trinajstić information content (AvgIpc) is 2.98. The van der Waals surface area contributed by atoms with Crippen molar-refractivity contribution in [2.45, 2.75) is 32.1 Å². The number of anilines is 1. The van der Waals surface area contributed by atoms with Gasteiger partial charge in [-0.3, -0.25) is 9.78 Å². The van der Waals surface area contributed by atoms with Gasteiger partial charge in [-0.2, -0.15) is 5.21 Å². The topological polar surface area (TPSA) is 131 Å². The van der Waals surface area contributed by atoms with Crippen LogP contribution in [0.2, 0.25) is 0 Å². The predicted molar refractivity (Wildman–Crippen MR) is 75.3 cm³/mol. The van der Waals surface area contributed by atoms with E-state index in [0.29, 0.717) is 24.4 Å². The highest BCUT2D eigenvalue weighted by Crippen LogP contribution is 2.29. The molecule has 0 aliphatic heterocycles. The van der Waals surface area contributed by atoms with Gasteiger partial charge in [-0.05, 0) is 18.6 Å². The molecule has 0 saturated carbocycles. The van der Waals surface area contributed by atoms with Gasteiger partial charge >= 0.3 is 5.97 Å². The van der Waals surface area contributed by atoms with Crippen molar-refractivity contribution in [3.63, 3.8) is 0 Å². The summed E-state index contributed by atoms with van der Waals surface area (Å²) in [6.45, 7) is 1.95. The lowest BCUT2D eigenvalue weighted by molar-refractivity contribution is -0.143. The van der Waals surface area contributed by atoms with Crippen molar-refractivity contribution >= 4 is 11.7 Å². The SMILES string of the molecule is CCC[C@H](C(=O)O)[C@H](Cc1ccc(N)cn1)c1nn[nH]n1. The minimum atomic E-state index is -0.859. The van der Waals surface area contributed by atoms with Gasteiger partial charge in [0.15, 0.2) is 5.82 Å². The number of carboxylic acid groups (broad SMARTS) is 1. The van der Waals surface area contributed by atoms with E-state index in [9.17, 15) is 9.90 Å². The summed E-state index contributed by atoms with van der Waals surface area (Å²) in [6.07, 6.45) is 3.29. The van der Waals surface area contributed by atoms with Crippen molar-refractivity contribution in [3.05, 3.63) is 29.8 Å². The highest BCUT2D eigenvalue weighted by atomic mass is 16.4. The fourth-order valence-corrected chi connectivity index (χ4v) is 2.33. The number of H-pyrrole nitrogens is 1. The predicted octanol–water partition coefficient (Wildman–Crippen LogP) is 1.00. The smallest absolute Gasteiger partial charge is 0.307 e. The third-order valence-electron chi connectivity index (χ3n) is 3.37. The number of nitrogens with zero attached hydrogens (tertiary/aromatic N) is 4. The number of tetrazole rings is 1. The van der Waals surface area contributed by atoms with Gasteiger partial charge < -0.3 is 10.8 Å². The molecule has 2 aromatic heterocycles. The van der Waals surface area contributed by atoms with Crippen LogP contribution in [0.25, 0.3) is 0 Å². The highest BCUT2D eigenvalue weighted by molar-refractivity contribution is 5.71. The third kappa shape index (κ3) is 3.74. The summed E-state index contributed by atoms with van der Waals surface area (Å²) in [5.74, 6) is -1.42. The minimum Gasteiger partial charge on any atom is -0.481 e. The molecule has 8 nitrogen and oxygen atoms in total. The molecule has 0 bridgehead atoms. The summed E-state index contributed by atoms with van der Waals surface area (Å²) < 4.78 is 0. The maximum atomic E-state index is 11.5. The Bertz CT molecular complexity index is 569. The molecule has 0 aromatic carbocycles. The van der Waals surface area contributed by atoms with E-state index in [1.54, 1.807) is 18.3 Å². The quantitative estimate of drug-likeness (QED) is 0.693. The number of aromatic amines is 1. The van der Waals surface area contributed by atoms with E-state index in [2.05, 4.69) is 25.6 Å². The molecule has 0 spiro atoms. The van der Waals surface area contributed by atoms with E-state index >= 15 is 0 Å². The van der Waals surface area contributed by atoms with Gasteiger partial charge in [0.2, 0.25) is 0 Å². The van der Waals surface area contributed by atoms with E-state index < -0.39 is 11.9 Å². The van der Waals surface area contributed by atoms with Gasteiger partial charge in [-0.15, -0.1) is 10.2 Å². The van der Waals surface area contributed by atoms with E-state index in [-0.39, 0.29) is 5.92 Å². The molecule has 4 N–H and O–H groups in total. The minimum absolute atomic E-state index is 0.377. The summed E-state index contributed by atoms with van der Waals surface area (Å²) in [7, 11) is 0. The van der Waals surface area contributed by atoms with E-state index in [1.807, 2.05) is 6.92 Å². The molecule has 2 heterocycles. The Kier molecular flexibility index (Phi) is 4.81. The summed E-state index contributed by atoms with van der Waals surface area (Å²) in [4.78, 5) is 15.8. The fraction of sp³-hybridized carbons (Fsp3) is 0.462. The molecule has 0 saturated heterocycles. The number of hydrogen-bond donors (Lipinski definition) is 3. The molecule has 0 amide bonds. The number of rotatable bonds is 7. The first-order valence-electron chi connectivity index (χ1n) is 6.78. The van der Waals surface area contributed by atoms with E-state index in [4.69, 9.17) is 5.73 Å². The van der Waals surface area contributed by atoms with Gasteiger partial charge in [-0.25, -0.2) is 0 Å². The molecule has 0 aliphatic rings. The van der Waals surface area contributed by atoms with E-state index in [0.717, 1.165) is 12.1 Å². The first-order chi connectivity index (χ1) is 10.1. The first kappa shape index (κ1) is 14.9. The van der Waals surface area contributed by atoms with Crippen molar-refractivity contribution in [2.75, 3.05) is 5.73 Å². The molecule has 0 aliphatic carbocycles. The third-order valence-corrected chi connectivity index (χ3v) is 3.37. The van der Waals surface area contributed by atoms with Crippen LogP contribution in [0.4, 0.5) is 5.69 Å². The second kappa shape index (κ2) is 6.78.